The summed E-state index contributed by atoms with van der Waals surface area (Å²) in [5.74, 6) is -0.903. The Morgan fingerprint density at radius 1 is 1.00 bits per heavy atom. The Morgan fingerprint density at radius 2 is 1.69 bits per heavy atom. The molecule has 3 aromatic carbocycles. The van der Waals surface area contributed by atoms with Crippen molar-refractivity contribution in [2.24, 2.45) is 0 Å². The second kappa shape index (κ2) is 10.9. The summed E-state index contributed by atoms with van der Waals surface area (Å²) in [6.45, 7) is 2.02. The average molecular weight is 635 g/mol. The van der Waals surface area contributed by atoms with E-state index in [1.165, 1.54) is 13.2 Å². The Labute approximate surface area is 229 Å². The summed E-state index contributed by atoms with van der Waals surface area (Å²) < 4.78 is 13.1. The minimum Gasteiger partial charge on any atom is -0.493 e. The molecule has 0 bridgehead atoms. The zero-order valence-corrected chi connectivity index (χ0v) is 23.0. The van der Waals surface area contributed by atoms with Crippen molar-refractivity contribution < 1.29 is 23.9 Å². The first kappa shape index (κ1) is 25.9. The number of amides is 4. The summed E-state index contributed by atoms with van der Waals surface area (Å²) in [7, 11) is 1.46. The van der Waals surface area contributed by atoms with E-state index in [-0.39, 0.29) is 17.2 Å². The number of imide groups is 2. The predicted octanol–water partition coefficient (Wildman–Crippen LogP) is 6.43. The second-order valence-electron chi connectivity index (χ2n) is 7.84. The van der Waals surface area contributed by atoms with Gasteiger partial charge in [0.05, 0.1) is 17.8 Å². The topological polar surface area (TPSA) is 84.9 Å². The highest BCUT2D eigenvalue weighted by Gasteiger charge is 2.37. The number of halogens is 3. The van der Waals surface area contributed by atoms with E-state index >= 15 is 0 Å². The van der Waals surface area contributed by atoms with Crippen molar-refractivity contribution in [3.63, 3.8) is 0 Å². The van der Waals surface area contributed by atoms with Gasteiger partial charge in [-0.1, -0.05) is 55.6 Å². The number of anilines is 1. The first-order valence-electron chi connectivity index (χ1n) is 10.6. The van der Waals surface area contributed by atoms with E-state index in [1.807, 2.05) is 24.3 Å². The number of carbonyl (C=O) groups excluding carboxylic acids is 3. The Bertz CT molecular complexity index is 1410. The Kier molecular flexibility index (Phi) is 7.82. The van der Waals surface area contributed by atoms with Crippen LogP contribution in [-0.2, 0) is 16.2 Å². The second-order valence-corrected chi connectivity index (χ2v) is 10.1. The van der Waals surface area contributed by atoms with E-state index in [0.717, 1.165) is 19.4 Å². The maximum absolute atomic E-state index is 13.2. The number of urea groups is 1. The number of benzene rings is 3. The van der Waals surface area contributed by atoms with Crippen molar-refractivity contribution >= 4 is 73.1 Å². The van der Waals surface area contributed by atoms with E-state index in [2.05, 4.69) is 37.2 Å². The Balaban J connectivity index is 1.65. The molecule has 0 saturated carbocycles. The lowest BCUT2D eigenvalue weighted by Crippen LogP contribution is -2.54. The largest absolute Gasteiger partial charge is 0.493 e. The molecule has 36 heavy (non-hydrogen) atoms. The molecule has 1 heterocycles. The quantitative estimate of drug-likeness (QED) is 0.250. The van der Waals surface area contributed by atoms with Gasteiger partial charge in [-0.3, -0.25) is 14.9 Å². The molecule has 7 nitrogen and oxygen atoms in total. The van der Waals surface area contributed by atoms with Crippen molar-refractivity contribution in [3.05, 3.63) is 90.8 Å². The molecular formula is C26H19Br2ClN2O5. The van der Waals surface area contributed by atoms with E-state index < -0.39 is 17.8 Å². The van der Waals surface area contributed by atoms with Crippen LogP contribution in [0.25, 0.3) is 6.08 Å². The van der Waals surface area contributed by atoms with Crippen LogP contribution in [0, 0.1) is 6.92 Å². The van der Waals surface area contributed by atoms with Crippen LogP contribution in [0.3, 0.4) is 0 Å². The fraction of sp³-hybridized carbons (Fsp3) is 0.115. The van der Waals surface area contributed by atoms with Gasteiger partial charge in [0.25, 0.3) is 11.8 Å². The van der Waals surface area contributed by atoms with Gasteiger partial charge in [-0.25, -0.2) is 9.69 Å². The molecule has 0 aromatic heterocycles. The molecule has 0 aliphatic carbocycles. The summed E-state index contributed by atoms with van der Waals surface area (Å²) in [6.07, 6.45) is 1.36. The van der Waals surface area contributed by atoms with Crippen LogP contribution in [0.1, 0.15) is 16.7 Å². The molecule has 4 amide bonds. The van der Waals surface area contributed by atoms with E-state index in [1.54, 1.807) is 37.3 Å². The third-order valence-corrected chi connectivity index (χ3v) is 6.66. The van der Waals surface area contributed by atoms with Crippen LogP contribution in [-0.4, -0.2) is 25.0 Å². The Morgan fingerprint density at radius 3 is 2.36 bits per heavy atom. The highest BCUT2D eigenvalue weighted by Crippen LogP contribution is 2.38. The lowest BCUT2D eigenvalue weighted by atomic mass is 10.1. The van der Waals surface area contributed by atoms with E-state index in [0.29, 0.717) is 28.3 Å². The number of ether oxygens (including phenoxy) is 2. The number of hydrogen-bond acceptors (Lipinski definition) is 5. The van der Waals surface area contributed by atoms with Crippen LogP contribution in [0.4, 0.5) is 10.5 Å². The molecule has 1 saturated heterocycles. The molecule has 3 aromatic rings. The van der Waals surface area contributed by atoms with Crippen LogP contribution in [0.5, 0.6) is 11.5 Å². The van der Waals surface area contributed by atoms with Gasteiger partial charge in [-0.05, 0) is 72.2 Å². The van der Waals surface area contributed by atoms with Gasteiger partial charge in [-0.15, -0.1) is 0 Å². The van der Waals surface area contributed by atoms with Crippen molar-refractivity contribution in [2.75, 3.05) is 12.0 Å². The maximum atomic E-state index is 13.2. The maximum Gasteiger partial charge on any atom is 0.335 e. The van der Waals surface area contributed by atoms with E-state index in [4.69, 9.17) is 21.1 Å². The van der Waals surface area contributed by atoms with Crippen molar-refractivity contribution in [2.45, 2.75) is 13.5 Å². The van der Waals surface area contributed by atoms with Crippen LogP contribution in [0.15, 0.2) is 69.1 Å². The highest BCUT2D eigenvalue weighted by atomic mass is 79.9. The molecule has 1 aliphatic rings. The fourth-order valence-corrected chi connectivity index (χ4v) is 4.63. The summed E-state index contributed by atoms with van der Waals surface area (Å²) in [6, 6.07) is 15.1. The normalized spacial score (nSPS) is 14.8. The van der Waals surface area contributed by atoms with Gasteiger partial charge >= 0.3 is 6.03 Å². The van der Waals surface area contributed by atoms with Crippen LogP contribution in [0.2, 0.25) is 5.02 Å². The molecular weight excluding hydrogens is 616 g/mol. The lowest BCUT2D eigenvalue weighted by molar-refractivity contribution is -0.122. The minimum atomic E-state index is -0.820. The molecule has 10 heteroatoms. The summed E-state index contributed by atoms with van der Waals surface area (Å²) in [5, 5.41) is 2.46. The lowest BCUT2D eigenvalue weighted by Gasteiger charge is -2.27. The minimum absolute atomic E-state index is 0.224. The smallest absolute Gasteiger partial charge is 0.335 e. The molecule has 0 radical (unpaired) electrons. The number of nitrogens with zero attached hydrogens (tertiary/aromatic N) is 1. The third kappa shape index (κ3) is 5.48. The predicted molar refractivity (Wildman–Crippen MR) is 144 cm³/mol. The van der Waals surface area contributed by atoms with Crippen molar-refractivity contribution in [3.8, 4) is 11.5 Å². The number of hydrogen-bond donors (Lipinski definition) is 1. The number of methoxy groups -OCH3 is 1. The van der Waals surface area contributed by atoms with Gasteiger partial charge in [-0.2, -0.15) is 0 Å². The number of rotatable bonds is 6. The average Bonchev–Trinajstić information content (AvgIpc) is 2.83. The van der Waals surface area contributed by atoms with Gasteiger partial charge in [0.15, 0.2) is 11.5 Å². The molecule has 1 aliphatic heterocycles. The number of barbiturate groups is 1. The van der Waals surface area contributed by atoms with Crippen LogP contribution >= 0.6 is 43.5 Å². The van der Waals surface area contributed by atoms with Crippen molar-refractivity contribution in [1.29, 1.82) is 0 Å². The molecule has 0 atom stereocenters. The molecule has 1 fully saturated rings. The number of carbonyl (C=O) groups is 3. The van der Waals surface area contributed by atoms with Gasteiger partial charge in [0.1, 0.15) is 12.2 Å². The fourth-order valence-electron chi connectivity index (χ4n) is 3.61. The zero-order valence-electron chi connectivity index (χ0n) is 19.1. The number of aryl methyl sites for hydroxylation is 1. The van der Waals surface area contributed by atoms with Crippen molar-refractivity contribution in [1.82, 2.24) is 5.32 Å². The Hall–Kier alpha value is -3.14. The van der Waals surface area contributed by atoms with Gasteiger partial charge in [0.2, 0.25) is 0 Å². The molecule has 4 rings (SSSR count). The summed E-state index contributed by atoms with van der Waals surface area (Å²) in [5.41, 5.74) is 2.18. The highest BCUT2D eigenvalue weighted by molar-refractivity contribution is 9.10. The number of nitrogens with one attached hydrogen (secondary N) is 1. The van der Waals surface area contributed by atoms with Gasteiger partial charge < -0.3 is 9.47 Å². The first-order valence-corrected chi connectivity index (χ1v) is 12.6. The molecule has 184 valence electrons. The molecule has 0 spiro atoms. The first-order chi connectivity index (χ1) is 17.2. The standard InChI is InChI=1S/C26H19Br2ClN2O5/c1-14-9-18(28)7-8-21(14)31-25(33)19(24(32)30-26(31)34)10-16-11-20(29)23(22(12-16)35-2)36-13-15-3-5-17(27)6-4-15/h3-12H,13H2,1-2H3,(H,30,32,34)/b19-10-. The van der Waals surface area contributed by atoms with Gasteiger partial charge in [0, 0.05) is 8.95 Å². The molecule has 1 N–H and O–H groups in total. The summed E-state index contributed by atoms with van der Waals surface area (Å²) in [4.78, 5) is 39.3. The van der Waals surface area contributed by atoms with E-state index in [9.17, 15) is 14.4 Å². The SMILES string of the molecule is COc1cc(/C=C2/C(=O)NC(=O)N(c3ccc(Br)cc3C)C2=O)cc(Cl)c1OCc1ccc(Br)cc1. The third-order valence-electron chi connectivity index (χ3n) is 5.36. The molecule has 0 unspecified atom stereocenters. The van der Waals surface area contributed by atoms with Crippen LogP contribution < -0.4 is 19.7 Å². The summed E-state index contributed by atoms with van der Waals surface area (Å²) >= 11 is 13.2. The zero-order chi connectivity index (χ0) is 26.0. The monoisotopic (exact) mass is 632 g/mol.